The fourth-order valence-corrected chi connectivity index (χ4v) is 1.07. The molecule has 0 heterocycles. The minimum Gasteiger partial charge on any atom is -0.562 e. The predicted octanol–water partition coefficient (Wildman–Crippen LogP) is 3.22. The van der Waals surface area contributed by atoms with Gasteiger partial charge in [0.1, 0.15) is 0 Å². The average molecular weight is 409 g/mol. The molecule has 2 N–H and O–H groups in total. The third-order valence-corrected chi connectivity index (χ3v) is 1.80. The van der Waals surface area contributed by atoms with Crippen LogP contribution in [-0.4, -0.2) is 40.8 Å². The molecule has 1 unspecified atom stereocenters. The van der Waals surface area contributed by atoms with E-state index in [1.54, 1.807) is 26.8 Å². The first-order chi connectivity index (χ1) is 10.8. The van der Waals surface area contributed by atoms with Crippen LogP contribution in [0, 0.1) is 20.8 Å². The molecule has 0 spiro atoms. The fraction of sp³-hybridized carbons (Fsp3) is 0.312. The minimum absolute atomic E-state index is 0. The van der Waals surface area contributed by atoms with E-state index in [9.17, 15) is 22.8 Å². The van der Waals surface area contributed by atoms with Crippen LogP contribution in [0.5, 0.6) is 0 Å². The third kappa shape index (κ3) is 13.0. The van der Waals surface area contributed by atoms with Crippen molar-refractivity contribution in [3.8, 4) is 0 Å². The van der Waals surface area contributed by atoms with Gasteiger partial charge in [-0.3, -0.25) is 0 Å². The number of benzene rings is 1. The third-order valence-electron chi connectivity index (χ3n) is 1.80. The van der Waals surface area contributed by atoms with E-state index >= 15 is 0 Å². The maximum atomic E-state index is 11.9. The zero-order valence-electron chi connectivity index (χ0n) is 13.9. The Balaban J connectivity index is -0.000000256. The van der Waals surface area contributed by atoms with Crippen LogP contribution in [0.25, 0.3) is 0 Å². The fourth-order valence-electron chi connectivity index (χ4n) is 1.07. The van der Waals surface area contributed by atoms with Crippen LogP contribution < -0.4 is 0 Å². The molecule has 0 amide bonds. The van der Waals surface area contributed by atoms with E-state index in [4.69, 9.17) is 5.11 Å². The Morgan fingerprint density at radius 1 is 1.00 bits per heavy atom. The van der Waals surface area contributed by atoms with Gasteiger partial charge in [-0.15, -0.1) is 0 Å². The van der Waals surface area contributed by atoms with Gasteiger partial charge >= 0.3 is 18.1 Å². The largest absolute Gasteiger partial charge is 0.562 e. The first kappa shape index (κ1) is 30.4. The molecule has 0 bridgehead atoms. The first-order valence-electron chi connectivity index (χ1n) is 6.52. The van der Waals surface area contributed by atoms with Gasteiger partial charge in [0.25, 0.3) is 6.10 Å². The van der Waals surface area contributed by atoms with Gasteiger partial charge in [0.2, 0.25) is 0 Å². The Morgan fingerprint density at radius 2 is 1.38 bits per heavy atom. The van der Waals surface area contributed by atoms with E-state index in [1.807, 2.05) is 0 Å². The summed E-state index contributed by atoms with van der Waals surface area (Å²) in [6.45, 7) is 15.0. The Labute approximate surface area is 152 Å². The summed E-state index contributed by atoms with van der Waals surface area (Å²) in [6, 6.07) is 7.06. The number of carbonyl (C=O) groups excluding carboxylic acids is 2. The molecule has 1 atom stereocenters. The number of carbonyl (C=O) groups is 2. The molecule has 4 nitrogen and oxygen atoms in total. The first-order valence-corrected chi connectivity index (χ1v) is 6.52. The van der Waals surface area contributed by atoms with Crippen molar-refractivity contribution < 1.29 is 32.6 Å². The smallest absolute Gasteiger partial charge is 0.561 e. The molecular formula is C16H23F3GeO4-2. The summed E-state index contributed by atoms with van der Waals surface area (Å²) in [5.41, 5.74) is 0.0186. The molecule has 4 radical (unpaired) electrons. The number of ether oxygens (including phenoxy) is 1. The zero-order chi connectivity index (χ0) is 19.1. The molecule has 0 aromatic heterocycles. The number of alkyl halides is 3. The van der Waals surface area contributed by atoms with E-state index < -0.39 is 24.2 Å². The van der Waals surface area contributed by atoms with Gasteiger partial charge in [0.05, 0.1) is 0 Å². The molecule has 0 aliphatic rings. The molecule has 8 heteroatoms. The second kappa shape index (κ2) is 17.8. The zero-order valence-corrected chi connectivity index (χ0v) is 16.0. The molecule has 1 rings (SSSR count). The number of rotatable bonds is 3. The van der Waals surface area contributed by atoms with Crippen LogP contribution in [0.1, 0.15) is 32.4 Å². The van der Waals surface area contributed by atoms with Gasteiger partial charge < -0.3 is 30.6 Å². The molecule has 0 saturated heterocycles. The van der Waals surface area contributed by atoms with E-state index in [1.165, 1.54) is 24.3 Å². The number of hydrogen-bond acceptors (Lipinski definition) is 3. The molecule has 138 valence electrons. The molecule has 0 saturated carbocycles. The molecule has 1 aromatic rings. The maximum Gasteiger partial charge on any atom is 0.561 e. The van der Waals surface area contributed by atoms with Crippen molar-refractivity contribution in [1.29, 1.82) is 0 Å². The summed E-state index contributed by atoms with van der Waals surface area (Å²) in [6.07, 6.45) is -7.05. The Hall–Kier alpha value is -1.51. The van der Waals surface area contributed by atoms with Crippen molar-refractivity contribution in [2.45, 2.75) is 33.1 Å². The van der Waals surface area contributed by atoms with Crippen molar-refractivity contribution in [3.63, 3.8) is 0 Å². The van der Waals surface area contributed by atoms with Crippen molar-refractivity contribution in [1.82, 2.24) is 0 Å². The normalized spacial score (nSPS) is 9.88. The summed E-state index contributed by atoms with van der Waals surface area (Å²) >= 11 is 0. The molecule has 1 aromatic carbocycles. The van der Waals surface area contributed by atoms with Gasteiger partial charge in [-0.2, -0.15) is 33.9 Å². The summed E-state index contributed by atoms with van der Waals surface area (Å²) in [4.78, 5) is 21.4. The number of hydrogen-bond donors (Lipinski definition) is 0. The molecule has 0 fully saturated rings. The summed E-state index contributed by atoms with van der Waals surface area (Å²) in [7, 11) is 0. The molecule has 0 aliphatic carbocycles. The van der Waals surface area contributed by atoms with Gasteiger partial charge in [0, 0.05) is 28.0 Å². The monoisotopic (exact) mass is 410 g/mol. The topological polar surface area (TPSA) is 66.3 Å². The second-order valence-electron chi connectivity index (χ2n) is 3.06. The quantitative estimate of drug-likeness (QED) is 0.334. The van der Waals surface area contributed by atoms with E-state index in [0.717, 1.165) is 0 Å². The van der Waals surface area contributed by atoms with Gasteiger partial charge in [-0.25, -0.2) is 4.79 Å². The van der Waals surface area contributed by atoms with Gasteiger partial charge in [0.15, 0.2) is 0 Å². The Morgan fingerprint density at radius 3 is 1.67 bits per heavy atom. The van der Waals surface area contributed by atoms with E-state index in [0.29, 0.717) is 0 Å². The van der Waals surface area contributed by atoms with Crippen LogP contribution in [0.4, 0.5) is 13.2 Å². The van der Waals surface area contributed by atoms with Crippen LogP contribution >= 0.6 is 0 Å². The second-order valence-corrected chi connectivity index (χ2v) is 3.06. The minimum atomic E-state index is -5.19. The Bertz CT molecular complexity index is 423. The van der Waals surface area contributed by atoms with Crippen LogP contribution in [0.2, 0.25) is 0 Å². The van der Waals surface area contributed by atoms with Crippen molar-refractivity contribution in [2.24, 2.45) is 0 Å². The predicted molar refractivity (Wildman–Crippen MR) is 88.8 cm³/mol. The average Bonchev–Trinajstić information content (AvgIpc) is 2.57. The molecule has 0 aliphatic heterocycles. The summed E-state index contributed by atoms with van der Waals surface area (Å²) in [5.74, 6) is -3.92. The molecular weight excluding hydrogens is 386 g/mol. The van der Waals surface area contributed by atoms with Gasteiger partial charge in [-0.05, 0) is 0 Å². The van der Waals surface area contributed by atoms with Crippen LogP contribution in [0.15, 0.2) is 30.3 Å². The maximum absolute atomic E-state index is 11.9. The van der Waals surface area contributed by atoms with Crippen LogP contribution in [-0.2, 0) is 14.3 Å². The summed E-state index contributed by atoms with van der Waals surface area (Å²) < 4.78 is 39.8. The molecule has 24 heavy (non-hydrogen) atoms. The Kier molecular flexibility index (Phi) is 22.6. The SMILES string of the molecule is O=C([OH2+])C(OC(=O)C(F)(F)F)c1ccccc1.[CH2-]C.[CH2-]C.[CH2-]C.[Ge]. The van der Waals surface area contributed by atoms with Gasteiger partial charge in [-0.1, -0.05) is 30.3 Å². The summed E-state index contributed by atoms with van der Waals surface area (Å²) in [5, 5.41) is 6.79. The van der Waals surface area contributed by atoms with E-state index in [2.05, 4.69) is 25.5 Å². The van der Waals surface area contributed by atoms with Crippen molar-refractivity contribution in [3.05, 3.63) is 56.7 Å². The van der Waals surface area contributed by atoms with Crippen LogP contribution in [0.3, 0.4) is 0 Å². The number of esters is 1. The standard InChI is InChI=1S/C10H7F3O4.3C2H5.Ge/c11-10(12,13)9(16)17-7(8(14)15)6-4-2-1-3-5-6;3*1-2;/h1-5,7H,(H,14,15);3*1H2,2H3;/q;3*-1;/p+1. The van der Waals surface area contributed by atoms with Crippen molar-refractivity contribution >= 4 is 29.5 Å². The number of halogens is 3. The van der Waals surface area contributed by atoms with Crippen molar-refractivity contribution in [2.75, 3.05) is 0 Å². The van der Waals surface area contributed by atoms with E-state index in [-0.39, 0.29) is 23.2 Å².